The lowest BCUT2D eigenvalue weighted by Gasteiger charge is -2.17. The van der Waals surface area contributed by atoms with E-state index in [4.69, 9.17) is 4.74 Å². The molecule has 1 heterocycles. The molecule has 1 N–H and O–H groups in total. The summed E-state index contributed by atoms with van der Waals surface area (Å²) >= 11 is 0. The summed E-state index contributed by atoms with van der Waals surface area (Å²) < 4.78 is 32.3. The maximum Gasteiger partial charge on any atom is 0.251 e. The minimum absolute atomic E-state index is 0.193. The average molecular weight is 403 g/mol. The Morgan fingerprint density at radius 1 is 1.07 bits per heavy atom. The molecule has 0 radical (unpaired) electrons. The third-order valence-corrected chi connectivity index (χ3v) is 6.63. The summed E-state index contributed by atoms with van der Waals surface area (Å²) in [5, 5.41) is 2.87. The fourth-order valence-electron chi connectivity index (χ4n) is 3.06. The van der Waals surface area contributed by atoms with Crippen molar-refractivity contribution >= 4 is 15.9 Å². The smallest absolute Gasteiger partial charge is 0.251 e. The first-order chi connectivity index (χ1) is 13.4. The Morgan fingerprint density at radius 3 is 2.29 bits per heavy atom. The predicted octanol–water partition coefficient (Wildman–Crippen LogP) is 2.98. The van der Waals surface area contributed by atoms with Crippen molar-refractivity contribution in [2.45, 2.75) is 37.6 Å². The summed E-state index contributed by atoms with van der Waals surface area (Å²) in [6.07, 6.45) is 1.78. The molecule has 0 bridgehead atoms. The molecule has 1 fully saturated rings. The van der Waals surface area contributed by atoms with Gasteiger partial charge in [-0.05, 0) is 63.1 Å². The third-order valence-electron chi connectivity index (χ3n) is 4.72. The van der Waals surface area contributed by atoms with E-state index in [1.807, 2.05) is 38.1 Å². The molecule has 1 saturated heterocycles. The lowest BCUT2D eigenvalue weighted by molar-refractivity contribution is 0.0926. The second kappa shape index (κ2) is 8.75. The van der Waals surface area contributed by atoms with E-state index < -0.39 is 10.0 Å². The van der Waals surface area contributed by atoms with Gasteiger partial charge in [0, 0.05) is 18.7 Å². The van der Waals surface area contributed by atoms with Crippen LogP contribution in [0.2, 0.25) is 0 Å². The average Bonchev–Trinajstić information content (AvgIpc) is 3.23. The van der Waals surface area contributed by atoms with Crippen molar-refractivity contribution in [3.8, 4) is 5.75 Å². The van der Waals surface area contributed by atoms with Crippen LogP contribution in [0, 0.1) is 6.92 Å². The van der Waals surface area contributed by atoms with E-state index >= 15 is 0 Å². The maximum atomic E-state index is 12.5. The molecule has 1 unspecified atom stereocenters. The number of nitrogens with zero attached hydrogens (tertiary/aromatic N) is 1. The molecule has 0 saturated carbocycles. The van der Waals surface area contributed by atoms with Gasteiger partial charge < -0.3 is 10.1 Å². The van der Waals surface area contributed by atoms with Crippen LogP contribution >= 0.6 is 0 Å². The van der Waals surface area contributed by atoms with Gasteiger partial charge in [0.25, 0.3) is 5.91 Å². The highest BCUT2D eigenvalue weighted by molar-refractivity contribution is 7.89. The number of aryl methyl sites for hydroxylation is 1. The SMILES string of the molecule is Cc1ccc(OCC(C)NC(=O)c2ccc(S(=O)(=O)N3CCCC3)cc2)cc1. The molecular weight excluding hydrogens is 376 g/mol. The minimum atomic E-state index is -3.46. The number of nitrogens with one attached hydrogen (secondary N) is 1. The Bertz CT molecular complexity index is 902. The highest BCUT2D eigenvalue weighted by Gasteiger charge is 2.27. The number of benzene rings is 2. The molecule has 0 aromatic heterocycles. The van der Waals surface area contributed by atoms with Gasteiger partial charge in [-0.25, -0.2) is 8.42 Å². The highest BCUT2D eigenvalue weighted by atomic mass is 32.2. The van der Waals surface area contributed by atoms with E-state index in [2.05, 4.69) is 5.32 Å². The second-order valence-electron chi connectivity index (χ2n) is 7.13. The van der Waals surface area contributed by atoms with Crippen molar-refractivity contribution in [1.82, 2.24) is 9.62 Å². The van der Waals surface area contributed by atoms with Gasteiger partial charge in [-0.3, -0.25) is 4.79 Å². The Balaban J connectivity index is 1.56. The molecule has 1 aliphatic heterocycles. The largest absolute Gasteiger partial charge is 0.491 e. The zero-order valence-electron chi connectivity index (χ0n) is 16.2. The van der Waals surface area contributed by atoms with E-state index in [1.54, 1.807) is 12.1 Å². The molecule has 2 aromatic rings. The van der Waals surface area contributed by atoms with Gasteiger partial charge in [0.05, 0.1) is 10.9 Å². The van der Waals surface area contributed by atoms with Gasteiger partial charge in [-0.2, -0.15) is 4.31 Å². The summed E-state index contributed by atoms with van der Waals surface area (Å²) in [4.78, 5) is 12.6. The van der Waals surface area contributed by atoms with Crippen molar-refractivity contribution in [2.75, 3.05) is 19.7 Å². The topological polar surface area (TPSA) is 75.7 Å². The Morgan fingerprint density at radius 2 is 1.68 bits per heavy atom. The highest BCUT2D eigenvalue weighted by Crippen LogP contribution is 2.21. The molecule has 150 valence electrons. The van der Waals surface area contributed by atoms with Crippen molar-refractivity contribution in [1.29, 1.82) is 0 Å². The van der Waals surface area contributed by atoms with Crippen molar-refractivity contribution in [3.05, 3.63) is 59.7 Å². The second-order valence-corrected chi connectivity index (χ2v) is 9.07. The molecule has 6 nitrogen and oxygen atoms in total. The number of carbonyl (C=O) groups is 1. The standard InChI is InChI=1S/C21H26N2O4S/c1-16-5-9-19(10-6-16)27-15-17(2)22-21(24)18-7-11-20(12-8-18)28(25,26)23-13-3-4-14-23/h5-12,17H,3-4,13-15H2,1-2H3,(H,22,24). The molecule has 1 atom stereocenters. The molecule has 3 rings (SSSR count). The van der Waals surface area contributed by atoms with E-state index in [1.165, 1.54) is 16.4 Å². The lowest BCUT2D eigenvalue weighted by atomic mass is 10.2. The zero-order chi connectivity index (χ0) is 20.1. The van der Waals surface area contributed by atoms with Crippen LogP contribution in [0.15, 0.2) is 53.4 Å². The third kappa shape index (κ3) is 4.91. The Hall–Kier alpha value is -2.38. The first-order valence-corrected chi connectivity index (χ1v) is 10.9. The van der Waals surface area contributed by atoms with Crippen LogP contribution in [-0.4, -0.2) is 44.4 Å². The van der Waals surface area contributed by atoms with E-state index in [0.29, 0.717) is 25.3 Å². The molecule has 28 heavy (non-hydrogen) atoms. The van der Waals surface area contributed by atoms with Crippen LogP contribution in [0.3, 0.4) is 0 Å². The number of ether oxygens (including phenoxy) is 1. The molecule has 1 aliphatic rings. The summed E-state index contributed by atoms with van der Waals surface area (Å²) in [7, 11) is -3.46. The van der Waals surface area contributed by atoms with Gasteiger partial charge in [0.15, 0.2) is 0 Å². The van der Waals surface area contributed by atoms with E-state index in [0.717, 1.165) is 24.2 Å². The van der Waals surface area contributed by atoms with E-state index in [-0.39, 0.29) is 16.8 Å². The number of rotatable bonds is 7. The zero-order valence-corrected chi connectivity index (χ0v) is 17.0. The predicted molar refractivity (Wildman–Crippen MR) is 108 cm³/mol. The van der Waals surface area contributed by atoms with E-state index in [9.17, 15) is 13.2 Å². The quantitative estimate of drug-likeness (QED) is 0.773. The molecule has 2 aromatic carbocycles. The molecule has 0 spiro atoms. The molecule has 1 amide bonds. The number of hydrogen-bond acceptors (Lipinski definition) is 4. The lowest BCUT2D eigenvalue weighted by Crippen LogP contribution is -2.36. The van der Waals surface area contributed by atoms with Gasteiger partial charge in [0.1, 0.15) is 12.4 Å². The normalized spacial score (nSPS) is 15.9. The van der Waals surface area contributed by atoms with Gasteiger partial charge in [-0.15, -0.1) is 0 Å². The van der Waals surface area contributed by atoms with Crippen LogP contribution in [0.5, 0.6) is 5.75 Å². The first kappa shape index (κ1) is 20.4. The summed E-state index contributed by atoms with van der Waals surface area (Å²) in [6, 6.07) is 13.6. The van der Waals surface area contributed by atoms with Gasteiger partial charge in [0.2, 0.25) is 10.0 Å². The van der Waals surface area contributed by atoms with Gasteiger partial charge in [-0.1, -0.05) is 17.7 Å². The number of sulfonamides is 1. The first-order valence-electron chi connectivity index (χ1n) is 9.47. The monoisotopic (exact) mass is 402 g/mol. The summed E-state index contributed by atoms with van der Waals surface area (Å²) in [6.45, 7) is 5.33. The van der Waals surface area contributed by atoms with Crippen molar-refractivity contribution < 1.29 is 17.9 Å². The van der Waals surface area contributed by atoms with Crippen LogP contribution < -0.4 is 10.1 Å². The number of carbonyl (C=O) groups excluding carboxylic acids is 1. The Kier molecular flexibility index (Phi) is 6.36. The van der Waals surface area contributed by atoms with Crippen molar-refractivity contribution in [2.24, 2.45) is 0 Å². The molecule has 0 aliphatic carbocycles. The van der Waals surface area contributed by atoms with Crippen molar-refractivity contribution in [3.63, 3.8) is 0 Å². The van der Waals surface area contributed by atoms with Gasteiger partial charge >= 0.3 is 0 Å². The van der Waals surface area contributed by atoms with Crippen LogP contribution in [-0.2, 0) is 10.0 Å². The van der Waals surface area contributed by atoms with Crippen LogP contribution in [0.25, 0.3) is 0 Å². The fourth-order valence-corrected chi connectivity index (χ4v) is 4.58. The number of amides is 1. The summed E-state index contributed by atoms with van der Waals surface area (Å²) in [5.74, 6) is 0.494. The molecule has 7 heteroatoms. The number of hydrogen-bond donors (Lipinski definition) is 1. The fraction of sp³-hybridized carbons (Fsp3) is 0.381. The maximum absolute atomic E-state index is 12.5. The summed E-state index contributed by atoms with van der Waals surface area (Å²) in [5.41, 5.74) is 1.58. The Labute approximate surface area is 166 Å². The van der Waals surface area contributed by atoms with Crippen LogP contribution in [0.4, 0.5) is 0 Å². The molecular formula is C21H26N2O4S. The van der Waals surface area contributed by atoms with Crippen LogP contribution in [0.1, 0.15) is 35.7 Å². The minimum Gasteiger partial charge on any atom is -0.491 e.